The average molecular weight is 280 g/mol. The van der Waals surface area contributed by atoms with Crippen LogP contribution >= 0.6 is 0 Å². The molecule has 0 unspecified atom stereocenters. The van der Waals surface area contributed by atoms with Crippen LogP contribution < -0.4 is 5.32 Å². The zero-order valence-corrected chi connectivity index (χ0v) is 14.6. The molecule has 0 aliphatic heterocycles. The first-order valence-electron chi connectivity index (χ1n) is 7.14. The van der Waals surface area contributed by atoms with Crippen LogP contribution in [-0.2, 0) is 17.5 Å². The second-order valence-corrected chi connectivity index (χ2v) is 11.5. The van der Waals surface area contributed by atoms with Gasteiger partial charge in [-0.05, 0) is 47.8 Å². The summed E-state index contributed by atoms with van der Waals surface area (Å²) in [5, 5.41) is 3.49. The first kappa shape index (κ1) is 16.3. The normalized spacial score (nSPS) is 12.6. The highest BCUT2D eigenvalue weighted by Crippen LogP contribution is 2.37. The van der Waals surface area contributed by atoms with Gasteiger partial charge in [0.05, 0.1) is 6.61 Å². The molecule has 3 heteroatoms. The Labute approximate surface area is 119 Å². The topological polar surface area (TPSA) is 21.3 Å². The third-order valence-electron chi connectivity index (χ3n) is 4.16. The Morgan fingerprint density at radius 2 is 1.68 bits per heavy atom. The first-order valence-corrected chi connectivity index (χ1v) is 10.0. The molecule has 1 rings (SSSR count). The number of aryl methyl sites for hydroxylation is 1. The van der Waals surface area contributed by atoms with Crippen molar-refractivity contribution in [3.8, 4) is 0 Å². The molecule has 19 heavy (non-hydrogen) atoms. The van der Waals surface area contributed by atoms with Crippen molar-refractivity contribution in [3.05, 3.63) is 29.3 Å². The summed E-state index contributed by atoms with van der Waals surface area (Å²) >= 11 is 0. The van der Waals surface area contributed by atoms with E-state index >= 15 is 0 Å². The molecular formula is C16H29NOSi. The molecule has 0 radical (unpaired) electrons. The molecule has 0 amide bonds. The third-order valence-corrected chi connectivity index (χ3v) is 8.63. The van der Waals surface area contributed by atoms with Gasteiger partial charge in [0.1, 0.15) is 0 Å². The Morgan fingerprint density at radius 3 is 2.16 bits per heavy atom. The molecule has 0 fully saturated rings. The zero-order chi connectivity index (χ0) is 14.7. The zero-order valence-electron chi connectivity index (χ0n) is 13.6. The van der Waals surface area contributed by atoms with E-state index in [0.717, 1.165) is 13.0 Å². The van der Waals surface area contributed by atoms with Crippen molar-refractivity contribution in [2.45, 2.75) is 58.9 Å². The predicted octanol–water partition coefficient (Wildman–Crippen LogP) is 4.81. The second kappa shape index (κ2) is 6.10. The molecule has 0 aliphatic rings. The van der Waals surface area contributed by atoms with Gasteiger partial charge in [-0.25, -0.2) is 0 Å². The lowest BCUT2D eigenvalue weighted by molar-refractivity contribution is 0.276. The van der Waals surface area contributed by atoms with Crippen molar-refractivity contribution in [2.24, 2.45) is 0 Å². The number of hydrogen-bond acceptors (Lipinski definition) is 2. The smallest absolute Gasteiger partial charge is 0.192 e. The lowest BCUT2D eigenvalue weighted by Gasteiger charge is -2.36. The summed E-state index contributed by atoms with van der Waals surface area (Å²) in [6, 6.07) is 6.65. The van der Waals surface area contributed by atoms with E-state index < -0.39 is 8.32 Å². The predicted molar refractivity (Wildman–Crippen MR) is 87.4 cm³/mol. The van der Waals surface area contributed by atoms with E-state index in [1.165, 1.54) is 16.8 Å². The van der Waals surface area contributed by atoms with Gasteiger partial charge in [-0.15, -0.1) is 0 Å². The lowest BCUT2D eigenvalue weighted by atomic mass is 10.1. The number of rotatable bonds is 5. The Bertz CT molecular complexity index is 399. The minimum atomic E-state index is -1.66. The van der Waals surface area contributed by atoms with Gasteiger partial charge in [0, 0.05) is 12.7 Å². The van der Waals surface area contributed by atoms with E-state index in [9.17, 15) is 0 Å². The molecule has 1 N–H and O–H groups in total. The summed E-state index contributed by atoms with van der Waals surface area (Å²) in [7, 11) is 0.302. The van der Waals surface area contributed by atoms with E-state index in [0.29, 0.717) is 0 Å². The van der Waals surface area contributed by atoms with Crippen LogP contribution in [0.5, 0.6) is 0 Å². The summed E-state index contributed by atoms with van der Waals surface area (Å²) in [6.07, 6.45) is 1.06. The maximum Gasteiger partial charge on any atom is 0.192 e. The van der Waals surface area contributed by atoms with E-state index in [2.05, 4.69) is 64.3 Å². The summed E-state index contributed by atoms with van der Waals surface area (Å²) in [5.41, 5.74) is 3.81. The molecule has 0 spiro atoms. The fourth-order valence-corrected chi connectivity index (χ4v) is 2.64. The molecule has 0 bridgehead atoms. The van der Waals surface area contributed by atoms with Gasteiger partial charge in [-0.3, -0.25) is 0 Å². The summed E-state index contributed by atoms with van der Waals surface area (Å²) in [4.78, 5) is 0. The van der Waals surface area contributed by atoms with Crippen LogP contribution in [0.25, 0.3) is 0 Å². The number of benzene rings is 1. The molecule has 0 atom stereocenters. The molecule has 0 heterocycles. The van der Waals surface area contributed by atoms with Gasteiger partial charge in [0.15, 0.2) is 8.32 Å². The number of nitrogens with one attached hydrogen (secondary N) is 1. The van der Waals surface area contributed by atoms with Gasteiger partial charge in [-0.1, -0.05) is 33.8 Å². The fraction of sp³-hybridized carbons (Fsp3) is 0.625. The van der Waals surface area contributed by atoms with Crippen LogP contribution in [0.3, 0.4) is 0 Å². The van der Waals surface area contributed by atoms with Crippen molar-refractivity contribution in [2.75, 3.05) is 12.4 Å². The van der Waals surface area contributed by atoms with Crippen molar-refractivity contribution >= 4 is 14.0 Å². The van der Waals surface area contributed by atoms with E-state index in [1.807, 2.05) is 7.05 Å². The Morgan fingerprint density at radius 1 is 1.11 bits per heavy atom. The molecule has 108 valence electrons. The Balaban J connectivity index is 2.83. The maximum absolute atomic E-state index is 6.29. The minimum Gasteiger partial charge on any atom is -0.413 e. The van der Waals surface area contributed by atoms with Crippen molar-refractivity contribution in [3.63, 3.8) is 0 Å². The summed E-state index contributed by atoms with van der Waals surface area (Å²) in [5.74, 6) is 0. The fourth-order valence-electron chi connectivity index (χ4n) is 1.67. The van der Waals surface area contributed by atoms with Crippen molar-refractivity contribution in [1.29, 1.82) is 0 Å². The standard InChI is InChI=1S/C16H29NOSi/c1-8-13-9-14(11-15(10-13)17-5)12-18-19(6,7)16(2,3)4/h9-11,17H,8,12H2,1-7H3. The third kappa shape index (κ3) is 4.36. The van der Waals surface area contributed by atoms with Crippen molar-refractivity contribution in [1.82, 2.24) is 0 Å². The van der Waals surface area contributed by atoms with Crippen LogP contribution in [0.2, 0.25) is 18.1 Å². The molecule has 1 aromatic rings. The molecule has 0 aliphatic carbocycles. The molecule has 0 saturated heterocycles. The van der Waals surface area contributed by atoms with Crippen LogP contribution in [0.15, 0.2) is 18.2 Å². The second-order valence-electron chi connectivity index (χ2n) is 6.69. The number of hydrogen-bond donors (Lipinski definition) is 1. The Hall–Kier alpha value is -0.803. The lowest BCUT2D eigenvalue weighted by Crippen LogP contribution is -2.40. The maximum atomic E-state index is 6.29. The molecule has 2 nitrogen and oxygen atoms in total. The summed E-state index contributed by atoms with van der Waals surface area (Å²) < 4.78 is 6.29. The molecular weight excluding hydrogens is 250 g/mol. The minimum absolute atomic E-state index is 0.265. The van der Waals surface area contributed by atoms with Crippen LogP contribution in [0, 0.1) is 0 Å². The Kier molecular flexibility index (Phi) is 5.22. The molecule has 0 saturated carbocycles. The summed E-state index contributed by atoms with van der Waals surface area (Å²) in [6.45, 7) is 14.3. The first-order chi connectivity index (χ1) is 8.69. The highest BCUT2D eigenvalue weighted by atomic mass is 28.4. The SMILES string of the molecule is CCc1cc(CO[Si](C)(C)C(C)(C)C)cc(NC)c1. The van der Waals surface area contributed by atoms with Crippen molar-refractivity contribution < 1.29 is 4.43 Å². The van der Waals surface area contributed by atoms with E-state index in [4.69, 9.17) is 4.43 Å². The molecule has 0 aromatic heterocycles. The number of anilines is 1. The van der Waals surface area contributed by atoms with Crippen LogP contribution in [0.4, 0.5) is 5.69 Å². The quantitative estimate of drug-likeness (QED) is 0.781. The molecule has 1 aromatic carbocycles. The van der Waals surface area contributed by atoms with Crippen LogP contribution in [-0.4, -0.2) is 15.4 Å². The largest absolute Gasteiger partial charge is 0.413 e. The van der Waals surface area contributed by atoms with Gasteiger partial charge in [-0.2, -0.15) is 0 Å². The monoisotopic (exact) mass is 279 g/mol. The van der Waals surface area contributed by atoms with Gasteiger partial charge >= 0.3 is 0 Å². The highest BCUT2D eigenvalue weighted by Gasteiger charge is 2.36. The average Bonchev–Trinajstić information content (AvgIpc) is 2.34. The van der Waals surface area contributed by atoms with Gasteiger partial charge < -0.3 is 9.74 Å². The van der Waals surface area contributed by atoms with E-state index in [1.54, 1.807) is 0 Å². The van der Waals surface area contributed by atoms with Gasteiger partial charge in [0.2, 0.25) is 0 Å². The van der Waals surface area contributed by atoms with E-state index in [-0.39, 0.29) is 5.04 Å². The highest BCUT2D eigenvalue weighted by molar-refractivity contribution is 6.74. The van der Waals surface area contributed by atoms with Crippen LogP contribution in [0.1, 0.15) is 38.8 Å². The van der Waals surface area contributed by atoms with Gasteiger partial charge in [0.25, 0.3) is 0 Å².